The van der Waals surface area contributed by atoms with Gasteiger partial charge in [0.05, 0.1) is 6.54 Å². The minimum atomic E-state index is -0.542. The summed E-state index contributed by atoms with van der Waals surface area (Å²) in [4.78, 5) is 8.84. The van der Waals surface area contributed by atoms with E-state index in [1.54, 1.807) is 19.4 Å². The normalized spacial score (nSPS) is 16.3. The van der Waals surface area contributed by atoms with Crippen LogP contribution in [0.5, 0.6) is 0 Å². The van der Waals surface area contributed by atoms with Crippen molar-refractivity contribution in [2.75, 3.05) is 33.2 Å². The van der Waals surface area contributed by atoms with Gasteiger partial charge in [0.15, 0.2) is 11.8 Å². The van der Waals surface area contributed by atoms with Gasteiger partial charge in [0, 0.05) is 57.4 Å². The first kappa shape index (κ1) is 24.4. The van der Waals surface area contributed by atoms with Crippen molar-refractivity contribution in [2.45, 2.75) is 39.4 Å². The molecule has 30 heavy (non-hydrogen) atoms. The lowest BCUT2D eigenvalue weighted by molar-refractivity contribution is 0.124. The molecule has 1 aliphatic heterocycles. The topological polar surface area (TPSA) is 61.6 Å². The van der Waals surface area contributed by atoms with Crippen molar-refractivity contribution in [3.63, 3.8) is 0 Å². The summed E-state index contributed by atoms with van der Waals surface area (Å²) in [5.74, 6) is 0.665. The van der Waals surface area contributed by atoms with Crippen LogP contribution in [-0.2, 0) is 13.1 Å². The molecule has 0 amide bonds. The molecule has 166 valence electrons. The lowest BCUT2D eigenvalue weighted by atomic mass is 10.0. The summed E-state index contributed by atoms with van der Waals surface area (Å²) in [6.45, 7) is 8.57. The summed E-state index contributed by atoms with van der Waals surface area (Å²) in [5, 5.41) is 11.4. The maximum Gasteiger partial charge on any atom is 0.194 e. The van der Waals surface area contributed by atoms with E-state index < -0.39 is 11.6 Å². The van der Waals surface area contributed by atoms with E-state index >= 15 is 0 Å². The minimum Gasteiger partial charge on any atom is -0.349 e. The molecule has 1 atom stereocenters. The van der Waals surface area contributed by atoms with Crippen molar-refractivity contribution in [1.82, 2.24) is 29.9 Å². The summed E-state index contributed by atoms with van der Waals surface area (Å²) in [7, 11) is 1.77. The number of nitrogens with one attached hydrogen (secondary N) is 1. The molecule has 0 spiro atoms. The van der Waals surface area contributed by atoms with Gasteiger partial charge in [-0.1, -0.05) is 13.0 Å². The number of halogens is 3. The van der Waals surface area contributed by atoms with Crippen LogP contribution in [0.4, 0.5) is 8.78 Å². The fourth-order valence-electron chi connectivity index (χ4n) is 3.86. The lowest BCUT2D eigenvalue weighted by Crippen LogP contribution is -2.53. The van der Waals surface area contributed by atoms with Gasteiger partial charge in [-0.25, -0.2) is 8.78 Å². The highest BCUT2D eigenvalue weighted by Gasteiger charge is 2.27. The van der Waals surface area contributed by atoms with Gasteiger partial charge in [0.25, 0.3) is 0 Å². The molecule has 1 aromatic carbocycles. The third-order valence-corrected chi connectivity index (χ3v) is 5.42. The molecular formula is C20H30F2IN7. The van der Waals surface area contributed by atoms with E-state index in [2.05, 4.69) is 37.2 Å². The number of piperazine rings is 1. The van der Waals surface area contributed by atoms with Crippen LogP contribution in [0.15, 0.2) is 29.5 Å². The molecule has 0 aliphatic carbocycles. The Kier molecular flexibility index (Phi) is 9.40. The summed E-state index contributed by atoms with van der Waals surface area (Å²) >= 11 is 0. The highest BCUT2D eigenvalue weighted by atomic mass is 127. The number of aryl methyl sites for hydroxylation is 1. The zero-order valence-corrected chi connectivity index (χ0v) is 20.0. The van der Waals surface area contributed by atoms with Crippen LogP contribution in [0, 0.1) is 11.6 Å². The molecule has 1 aliphatic rings. The van der Waals surface area contributed by atoms with E-state index in [4.69, 9.17) is 0 Å². The fourth-order valence-corrected chi connectivity index (χ4v) is 3.86. The van der Waals surface area contributed by atoms with Crippen LogP contribution in [0.2, 0.25) is 0 Å². The first-order valence-corrected chi connectivity index (χ1v) is 10.1. The van der Waals surface area contributed by atoms with Crippen molar-refractivity contribution >= 4 is 29.9 Å². The third kappa shape index (κ3) is 5.65. The SMILES string of the molecule is CCC(c1ccc(F)cc1F)N1CCN(C(=NC)NCc2nncn2CC)CC1.I. The van der Waals surface area contributed by atoms with Gasteiger partial charge in [-0.15, -0.1) is 34.2 Å². The smallest absolute Gasteiger partial charge is 0.194 e. The van der Waals surface area contributed by atoms with Gasteiger partial charge in [-0.2, -0.15) is 0 Å². The highest BCUT2D eigenvalue weighted by Crippen LogP contribution is 2.28. The molecule has 3 rings (SSSR count). The predicted molar refractivity (Wildman–Crippen MR) is 124 cm³/mol. The second kappa shape index (κ2) is 11.5. The van der Waals surface area contributed by atoms with Crippen molar-refractivity contribution in [2.24, 2.45) is 4.99 Å². The second-order valence-electron chi connectivity index (χ2n) is 7.05. The standard InChI is InChI=1S/C20H29F2N7.HI/c1-4-18(16-7-6-15(21)12-17(16)22)28-8-10-29(11-9-28)20(23-3)24-13-19-26-25-14-27(19)5-2;/h6-7,12,14,18H,4-5,8-11,13H2,1-3H3,(H,23,24);1H. The van der Waals surface area contributed by atoms with Gasteiger partial charge >= 0.3 is 0 Å². The third-order valence-electron chi connectivity index (χ3n) is 5.42. The zero-order chi connectivity index (χ0) is 20.8. The second-order valence-corrected chi connectivity index (χ2v) is 7.05. The average Bonchev–Trinajstić information content (AvgIpc) is 3.19. The van der Waals surface area contributed by atoms with Gasteiger partial charge in [-0.05, 0) is 19.4 Å². The van der Waals surface area contributed by atoms with Crippen molar-refractivity contribution in [1.29, 1.82) is 0 Å². The monoisotopic (exact) mass is 533 g/mol. The minimum absolute atomic E-state index is 0. The molecule has 1 aromatic heterocycles. The number of nitrogens with zero attached hydrogens (tertiary/aromatic N) is 6. The largest absolute Gasteiger partial charge is 0.349 e. The summed E-state index contributed by atoms with van der Waals surface area (Å²) in [6, 6.07) is 3.80. The fraction of sp³-hybridized carbons (Fsp3) is 0.550. The van der Waals surface area contributed by atoms with Gasteiger partial charge in [0.1, 0.15) is 18.0 Å². The number of rotatable bonds is 6. The Bertz CT molecular complexity index is 834. The molecule has 1 saturated heterocycles. The Hall–Kier alpha value is -1.82. The molecule has 7 nitrogen and oxygen atoms in total. The molecule has 1 N–H and O–H groups in total. The van der Waals surface area contributed by atoms with E-state index in [0.717, 1.165) is 57.0 Å². The van der Waals surface area contributed by atoms with E-state index in [1.165, 1.54) is 6.07 Å². The molecular weight excluding hydrogens is 503 g/mol. The molecule has 0 saturated carbocycles. The van der Waals surface area contributed by atoms with Crippen LogP contribution < -0.4 is 5.32 Å². The summed E-state index contributed by atoms with van der Waals surface area (Å²) in [5.41, 5.74) is 0.559. The summed E-state index contributed by atoms with van der Waals surface area (Å²) < 4.78 is 29.5. The molecule has 1 fully saturated rings. The predicted octanol–water partition coefficient (Wildman–Crippen LogP) is 3.04. The van der Waals surface area contributed by atoms with E-state index in [9.17, 15) is 8.78 Å². The number of benzene rings is 1. The van der Waals surface area contributed by atoms with Gasteiger partial charge < -0.3 is 14.8 Å². The molecule has 0 radical (unpaired) electrons. The highest BCUT2D eigenvalue weighted by molar-refractivity contribution is 14.0. The van der Waals surface area contributed by atoms with Crippen LogP contribution in [0.1, 0.15) is 37.7 Å². The first-order chi connectivity index (χ1) is 14.1. The molecule has 2 aromatic rings. The van der Waals surface area contributed by atoms with Crippen LogP contribution in [-0.4, -0.2) is 63.8 Å². The van der Waals surface area contributed by atoms with Crippen molar-refractivity contribution in [3.8, 4) is 0 Å². The molecule has 2 heterocycles. The van der Waals surface area contributed by atoms with Crippen LogP contribution in [0.3, 0.4) is 0 Å². The van der Waals surface area contributed by atoms with E-state index in [0.29, 0.717) is 12.1 Å². The Labute approximate surface area is 193 Å². The summed E-state index contributed by atoms with van der Waals surface area (Å²) in [6.07, 6.45) is 2.49. The first-order valence-electron chi connectivity index (χ1n) is 10.1. The number of hydrogen-bond donors (Lipinski definition) is 1. The van der Waals surface area contributed by atoms with Crippen LogP contribution >= 0.6 is 24.0 Å². The Morgan fingerprint density at radius 1 is 1.20 bits per heavy atom. The average molecular weight is 533 g/mol. The molecule has 0 bridgehead atoms. The Morgan fingerprint density at radius 3 is 2.53 bits per heavy atom. The maximum atomic E-state index is 14.3. The van der Waals surface area contributed by atoms with E-state index in [-0.39, 0.29) is 30.0 Å². The Morgan fingerprint density at radius 2 is 1.93 bits per heavy atom. The molecule has 1 unspecified atom stereocenters. The van der Waals surface area contributed by atoms with E-state index in [1.807, 2.05) is 11.5 Å². The van der Waals surface area contributed by atoms with Crippen molar-refractivity contribution in [3.05, 3.63) is 47.5 Å². The molecule has 10 heteroatoms. The lowest BCUT2D eigenvalue weighted by Gasteiger charge is -2.40. The number of aliphatic imine (C=N–C) groups is 1. The van der Waals surface area contributed by atoms with Crippen LogP contribution in [0.25, 0.3) is 0 Å². The quantitative estimate of drug-likeness (QED) is 0.352. The Balaban J connectivity index is 0.00000320. The van der Waals surface area contributed by atoms with Gasteiger partial charge in [-0.3, -0.25) is 9.89 Å². The van der Waals surface area contributed by atoms with Gasteiger partial charge in [0.2, 0.25) is 0 Å². The maximum absolute atomic E-state index is 14.3. The zero-order valence-electron chi connectivity index (χ0n) is 17.7. The number of aromatic nitrogens is 3. The number of guanidine groups is 1. The van der Waals surface area contributed by atoms with Crippen molar-refractivity contribution < 1.29 is 8.78 Å². The number of hydrogen-bond acceptors (Lipinski definition) is 4.